The molecule has 3 nitrogen and oxygen atoms in total. The van der Waals surface area contributed by atoms with Crippen molar-refractivity contribution in [2.24, 2.45) is 0 Å². The summed E-state index contributed by atoms with van der Waals surface area (Å²) in [4.78, 5) is 11.2. The van der Waals surface area contributed by atoms with Crippen molar-refractivity contribution in [2.45, 2.75) is 6.92 Å². The molecule has 0 radical (unpaired) electrons. The van der Waals surface area contributed by atoms with E-state index >= 15 is 0 Å². The molecule has 0 aromatic heterocycles. The summed E-state index contributed by atoms with van der Waals surface area (Å²) in [5.74, 6) is -0.314. The van der Waals surface area contributed by atoms with Gasteiger partial charge in [-0.05, 0) is 50.9 Å². The fourth-order valence-electron chi connectivity index (χ4n) is 1.26. The highest BCUT2D eigenvalue weighted by atomic mass is 79.9. The molecule has 0 atom stereocenters. The van der Waals surface area contributed by atoms with Gasteiger partial charge in [-0.3, -0.25) is 0 Å². The van der Waals surface area contributed by atoms with E-state index in [-0.39, 0.29) is 5.97 Å². The molecule has 18 heavy (non-hydrogen) atoms. The number of esters is 1. The average molecular weight is 442 g/mol. The molecular weight excluding hydrogens is 430 g/mol. The van der Waals surface area contributed by atoms with Gasteiger partial charge >= 0.3 is 5.97 Å². The molecule has 0 unspecified atom stereocenters. The van der Waals surface area contributed by atoms with Crippen molar-refractivity contribution in [3.8, 4) is 0 Å². The molecular formula is C12H12Br3NO2. The molecule has 98 valence electrons. The van der Waals surface area contributed by atoms with Crippen LogP contribution in [0.5, 0.6) is 0 Å². The number of anilines is 1. The molecule has 1 aromatic carbocycles. The van der Waals surface area contributed by atoms with Crippen LogP contribution >= 0.6 is 47.8 Å². The normalized spacial score (nSPS) is 11.3. The Balaban J connectivity index is 2.73. The predicted octanol–water partition coefficient (Wildman–Crippen LogP) is 4.51. The van der Waals surface area contributed by atoms with Crippen LogP contribution in [-0.4, -0.2) is 19.6 Å². The molecule has 0 saturated heterocycles. The number of hydrogen-bond donors (Lipinski definition) is 1. The molecule has 0 amide bonds. The van der Waals surface area contributed by atoms with Crippen LogP contribution in [0.4, 0.5) is 5.69 Å². The van der Waals surface area contributed by atoms with Crippen molar-refractivity contribution in [1.82, 2.24) is 0 Å². The van der Waals surface area contributed by atoms with Gasteiger partial charge in [-0.2, -0.15) is 0 Å². The van der Waals surface area contributed by atoms with Crippen LogP contribution in [-0.2, 0) is 9.53 Å². The number of methoxy groups -OCH3 is 1. The summed E-state index contributed by atoms with van der Waals surface area (Å²) < 4.78 is 7.47. The van der Waals surface area contributed by atoms with E-state index in [1.165, 1.54) is 7.11 Å². The number of halogens is 3. The molecule has 0 aliphatic carbocycles. The first-order valence-corrected chi connectivity index (χ1v) is 7.47. The summed E-state index contributed by atoms with van der Waals surface area (Å²) >= 11 is 10.4. The second kappa shape index (κ2) is 7.31. The number of nitrogens with one attached hydrogen (secondary N) is 1. The molecule has 1 aromatic rings. The smallest absolute Gasteiger partial charge is 0.333 e. The lowest BCUT2D eigenvalue weighted by Crippen LogP contribution is -2.06. The van der Waals surface area contributed by atoms with E-state index in [9.17, 15) is 4.79 Å². The maximum atomic E-state index is 11.2. The summed E-state index contributed by atoms with van der Waals surface area (Å²) in [7, 11) is 1.37. The van der Waals surface area contributed by atoms with E-state index in [0.29, 0.717) is 12.1 Å². The maximum Gasteiger partial charge on any atom is 0.333 e. The third-order valence-electron chi connectivity index (χ3n) is 2.20. The zero-order valence-electron chi connectivity index (χ0n) is 9.89. The van der Waals surface area contributed by atoms with Gasteiger partial charge in [0.15, 0.2) is 0 Å². The van der Waals surface area contributed by atoms with Crippen LogP contribution in [0.2, 0.25) is 0 Å². The van der Waals surface area contributed by atoms with E-state index in [4.69, 9.17) is 0 Å². The quantitative estimate of drug-likeness (QED) is 0.552. The van der Waals surface area contributed by atoms with E-state index in [1.54, 1.807) is 13.0 Å². The molecule has 0 spiro atoms. The van der Waals surface area contributed by atoms with Gasteiger partial charge in [-0.25, -0.2) is 4.79 Å². The van der Waals surface area contributed by atoms with Crippen LogP contribution in [0.25, 0.3) is 0 Å². The molecule has 0 aliphatic rings. The fraction of sp³-hybridized carbons (Fsp3) is 0.250. The van der Waals surface area contributed by atoms with Crippen LogP contribution in [0.15, 0.2) is 37.2 Å². The Labute approximate surface area is 131 Å². The SMILES string of the molecule is COC(=O)C(C)=CCNc1c(Br)cc(Br)cc1Br. The van der Waals surface area contributed by atoms with Crippen molar-refractivity contribution >= 4 is 59.4 Å². The Morgan fingerprint density at radius 1 is 1.33 bits per heavy atom. The van der Waals surface area contributed by atoms with Gasteiger partial charge < -0.3 is 10.1 Å². The zero-order chi connectivity index (χ0) is 13.7. The second-order valence-corrected chi connectivity index (χ2v) is 6.13. The lowest BCUT2D eigenvalue weighted by molar-refractivity contribution is -0.136. The Morgan fingerprint density at radius 2 is 1.89 bits per heavy atom. The molecule has 1 rings (SSSR count). The minimum Gasteiger partial charge on any atom is -0.466 e. The highest BCUT2D eigenvalue weighted by Gasteiger charge is 2.06. The Kier molecular flexibility index (Phi) is 6.38. The van der Waals surface area contributed by atoms with Gasteiger partial charge in [0.1, 0.15) is 0 Å². The number of ether oxygens (including phenoxy) is 1. The standard InChI is InChI=1S/C12H12Br3NO2/c1-7(12(17)18-2)3-4-16-11-9(14)5-8(13)6-10(11)15/h3,5-6,16H,4H2,1-2H3. The van der Waals surface area contributed by atoms with Crippen LogP contribution in [0.3, 0.4) is 0 Å². The minimum atomic E-state index is -0.314. The van der Waals surface area contributed by atoms with Gasteiger partial charge in [-0.15, -0.1) is 0 Å². The largest absolute Gasteiger partial charge is 0.466 e. The summed E-state index contributed by atoms with van der Waals surface area (Å²) in [6, 6.07) is 3.90. The lowest BCUT2D eigenvalue weighted by atomic mass is 10.2. The minimum absolute atomic E-state index is 0.314. The highest BCUT2D eigenvalue weighted by Crippen LogP contribution is 2.34. The van der Waals surface area contributed by atoms with E-state index < -0.39 is 0 Å². The van der Waals surface area contributed by atoms with Crippen molar-refractivity contribution in [3.05, 3.63) is 37.2 Å². The molecule has 0 saturated carbocycles. The monoisotopic (exact) mass is 439 g/mol. The topological polar surface area (TPSA) is 38.3 Å². The van der Waals surface area contributed by atoms with Gasteiger partial charge in [0.05, 0.1) is 12.8 Å². The van der Waals surface area contributed by atoms with Gasteiger partial charge in [0.25, 0.3) is 0 Å². The Hall–Kier alpha value is -0.330. The maximum absolute atomic E-state index is 11.2. The van der Waals surface area contributed by atoms with Crippen molar-refractivity contribution in [2.75, 3.05) is 19.0 Å². The number of carbonyl (C=O) groups excluding carboxylic acids is 1. The van der Waals surface area contributed by atoms with Gasteiger partial charge in [0.2, 0.25) is 0 Å². The zero-order valence-corrected chi connectivity index (χ0v) is 14.6. The van der Waals surface area contributed by atoms with E-state index in [0.717, 1.165) is 19.1 Å². The van der Waals surface area contributed by atoms with Gasteiger partial charge in [0, 0.05) is 25.5 Å². The summed E-state index contributed by atoms with van der Waals surface area (Å²) in [5, 5.41) is 3.22. The number of benzene rings is 1. The number of hydrogen-bond acceptors (Lipinski definition) is 3. The lowest BCUT2D eigenvalue weighted by Gasteiger charge is -2.10. The highest BCUT2D eigenvalue weighted by molar-refractivity contribution is 9.11. The average Bonchev–Trinajstić information content (AvgIpc) is 2.31. The number of carbonyl (C=O) groups is 1. The predicted molar refractivity (Wildman–Crippen MR) is 83.8 cm³/mol. The van der Waals surface area contributed by atoms with Gasteiger partial charge in [-0.1, -0.05) is 22.0 Å². The first kappa shape index (κ1) is 15.7. The summed E-state index contributed by atoms with van der Waals surface area (Å²) in [6.07, 6.45) is 1.78. The van der Waals surface area contributed by atoms with Crippen LogP contribution in [0.1, 0.15) is 6.92 Å². The van der Waals surface area contributed by atoms with Crippen molar-refractivity contribution < 1.29 is 9.53 Å². The van der Waals surface area contributed by atoms with E-state index in [1.807, 2.05) is 12.1 Å². The molecule has 0 heterocycles. The van der Waals surface area contributed by atoms with Crippen LogP contribution in [0, 0.1) is 0 Å². The molecule has 0 bridgehead atoms. The molecule has 6 heteroatoms. The second-order valence-electron chi connectivity index (χ2n) is 3.50. The first-order valence-electron chi connectivity index (χ1n) is 5.09. The van der Waals surface area contributed by atoms with Crippen molar-refractivity contribution in [3.63, 3.8) is 0 Å². The third kappa shape index (κ3) is 4.40. The fourth-order valence-corrected chi connectivity index (χ4v) is 3.80. The molecule has 1 N–H and O–H groups in total. The molecule has 0 fully saturated rings. The number of rotatable bonds is 4. The molecule has 0 aliphatic heterocycles. The summed E-state index contributed by atoms with van der Waals surface area (Å²) in [5.41, 5.74) is 1.52. The summed E-state index contributed by atoms with van der Waals surface area (Å²) in [6.45, 7) is 2.26. The van der Waals surface area contributed by atoms with E-state index in [2.05, 4.69) is 57.8 Å². The van der Waals surface area contributed by atoms with Crippen LogP contribution < -0.4 is 5.32 Å². The first-order chi connectivity index (χ1) is 8.45. The van der Waals surface area contributed by atoms with Crippen molar-refractivity contribution in [1.29, 1.82) is 0 Å². The Bertz CT molecular complexity index is 463. The Morgan fingerprint density at radius 3 is 2.39 bits per heavy atom. The third-order valence-corrected chi connectivity index (χ3v) is 3.91.